The molecular formula is C21H23N3O5S. The fourth-order valence-corrected chi connectivity index (χ4v) is 4.04. The summed E-state index contributed by atoms with van der Waals surface area (Å²) in [5.74, 6) is -1.45. The monoisotopic (exact) mass is 429 g/mol. The molecule has 1 aliphatic rings. The van der Waals surface area contributed by atoms with Gasteiger partial charge in [-0.1, -0.05) is 42.5 Å². The van der Waals surface area contributed by atoms with Gasteiger partial charge in [0.05, 0.1) is 30.1 Å². The highest BCUT2D eigenvalue weighted by atomic mass is 32.2. The number of carboxylic acid groups (broad SMARTS) is 1. The summed E-state index contributed by atoms with van der Waals surface area (Å²) < 4.78 is 26.0. The maximum absolute atomic E-state index is 12.8. The molecule has 0 bridgehead atoms. The summed E-state index contributed by atoms with van der Waals surface area (Å²) in [5.41, 5.74) is 3.40. The number of nitrogens with zero attached hydrogens (tertiary/aromatic N) is 2. The van der Waals surface area contributed by atoms with Crippen LogP contribution in [0.1, 0.15) is 42.0 Å². The lowest BCUT2D eigenvalue weighted by Gasteiger charge is -2.23. The van der Waals surface area contributed by atoms with Crippen LogP contribution >= 0.6 is 0 Å². The average Bonchev–Trinajstić information content (AvgIpc) is 3.10. The average molecular weight is 429 g/mol. The van der Waals surface area contributed by atoms with Crippen LogP contribution < -0.4 is 4.72 Å². The molecule has 0 radical (unpaired) electrons. The van der Waals surface area contributed by atoms with Crippen molar-refractivity contribution in [1.29, 1.82) is 0 Å². The lowest BCUT2D eigenvalue weighted by molar-refractivity contribution is -0.141. The number of hydrazone groups is 1. The van der Waals surface area contributed by atoms with Gasteiger partial charge in [0.2, 0.25) is 15.9 Å². The number of carboxylic acids is 1. The number of anilines is 1. The third kappa shape index (κ3) is 5.04. The number of aliphatic carboxylic acids is 1. The topological polar surface area (TPSA) is 116 Å². The Kier molecular flexibility index (Phi) is 6.21. The molecule has 158 valence electrons. The van der Waals surface area contributed by atoms with Crippen molar-refractivity contribution in [3.8, 4) is 0 Å². The van der Waals surface area contributed by atoms with Crippen LogP contribution in [0.25, 0.3) is 0 Å². The van der Waals surface area contributed by atoms with Gasteiger partial charge in [0.25, 0.3) is 0 Å². The van der Waals surface area contributed by atoms with Crippen molar-refractivity contribution in [3.63, 3.8) is 0 Å². The summed E-state index contributed by atoms with van der Waals surface area (Å²) >= 11 is 0. The number of para-hydroxylation sites is 1. The fraction of sp³-hybridized carbons (Fsp3) is 0.286. The molecule has 1 atom stereocenters. The van der Waals surface area contributed by atoms with Crippen molar-refractivity contribution >= 4 is 33.3 Å². The first-order valence-corrected chi connectivity index (χ1v) is 11.3. The van der Waals surface area contributed by atoms with Crippen molar-refractivity contribution in [1.82, 2.24) is 5.01 Å². The first kappa shape index (κ1) is 21.5. The van der Waals surface area contributed by atoms with Gasteiger partial charge in [0.15, 0.2) is 0 Å². The number of amides is 1. The van der Waals surface area contributed by atoms with Crippen LogP contribution in [0.2, 0.25) is 0 Å². The molecule has 2 aromatic rings. The van der Waals surface area contributed by atoms with E-state index >= 15 is 0 Å². The Morgan fingerprint density at radius 1 is 1.13 bits per heavy atom. The summed E-state index contributed by atoms with van der Waals surface area (Å²) in [5, 5.41) is 14.8. The quantitative estimate of drug-likeness (QED) is 0.702. The minimum atomic E-state index is -3.50. The van der Waals surface area contributed by atoms with Gasteiger partial charge >= 0.3 is 5.97 Å². The van der Waals surface area contributed by atoms with E-state index in [1.807, 2.05) is 31.2 Å². The summed E-state index contributed by atoms with van der Waals surface area (Å²) in [6.45, 7) is 1.94. The van der Waals surface area contributed by atoms with E-state index in [9.17, 15) is 18.0 Å². The van der Waals surface area contributed by atoms with Crippen LogP contribution in [0.3, 0.4) is 0 Å². The van der Waals surface area contributed by atoms with Crippen LogP contribution in [-0.2, 0) is 19.6 Å². The molecule has 9 heteroatoms. The Hall–Kier alpha value is -3.20. The van der Waals surface area contributed by atoms with Gasteiger partial charge in [0.1, 0.15) is 0 Å². The van der Waals surface area contributed by atoms with E-state index < -0.39 is 27.9 Å². The fourth-order valence-electron chi connectivity index (χ4n) is 3.46. The Morgan fingerprint density at radius 3 is 2.47 bits per heavy atom. The van der Waals surface area contributed by atoms with Crippen LogP contribution in [0.4, 0.5) is 5.69 Å². The molecular weight excluding hydrogens is 406 g/mol. The molecule has 1 heterocycles. The number of hydrogen-bond acceptors (Lipinski definition) is 5. The number of aryl methyl sites for hydroxylation is 1. The van der Waals surface area contributed by atoms with Crippen molar-refractivity contribution in [2.75, 3.05) is 11.0 Å². The van der Waals surface area contributed by atoms with Crippen molar-refractivity contribution in [2.45, 2.75) is 32.2 Å². The largest absolute Gasteiger partial charge is 0.481 e. The number of sulfonamides is 1. The number of benzene rings is 2. The second-order valence-corrected chi connectivity index (χ2v) is 8.92. The third-order valence-electron chi connectivity index (χ3n) is 4.80. The predicted molar refractivity (Wildman–Crippen MR) is 114 cm³/mol. The molecule has 8 nitrogen and oxygen atoms in total. The van der Waals surface area contributed by atoms with E-state index in [-0.39, 0.29) is 12.8 Å². The van der Waals surface area contributed by atoms with Gasteiger partial charge in [-0.3, -0.25) is 14.3 Å². The minimum absolute atomic E-state index is 0.169. The molecule has 0 fully saturated rings. The lowest BCUT2D eigenvalue weighted by Crippen LogP contribution is -2.27. The molecule has 0 saturated carbocycles. The van der Waals surface area contributed by atoms with Gasteiger partial charge in [-0.2, -0.15) is 5.10 Å². The second-order valence-electron chi connectivity index (χ2n) is 7.18. The molecule has 3 rings (SSSR count). The van der Waals surface area contributed by atoms with Crippen LogP contribution in [-0.4, -0.2) is 42.4 Å². The van der Waals surface area contributed by atoms with Gasteiger partial charge in [-0.05, 0) is 24.1 Å². The molecule has 0 spiro atoms. The maximum atomic E-state index is 12.8. The number of nitrogens with one attached hydrogen (secondary N) is 1. The predicted octanol–water partition coefficient (Wildman–Crippen LogP) is 2.91. The van der Waals surface area contributed by atoms with Crippen LogP contribution in [0.15, 0.2) is 53.6 Å². The zero-order chi connectivity index (χ0) is 21.9. The first-order chi connectivity index (χ1) is 14.2. The zero-order valence-electron chi connectivity index (χ0n) is 16.7. The smallest absolute Gasteiger partial charge is 0.303 e. The van der Waals surface area contributed by atoms with Crippen molar-refractivity contribution in [2.24, 2.45) is 5.10 Å². The van der Waals surface area contributed by atoms with E-state index in [1.165, 1.54) is 5.01 Å². The molecule has 2 aromatic carbocycles. The zero-order valence-corrected chi connectivity index (χ0v) is 17.5. The van der Waals surface area contributed by atoms with E-state index in [0.717, 1.165) is 17.4 Å². The molecule has 0 unspecified atom stereocenters. The van der Waals surface area contributed by atoms with Gasteiger partial charge < -0.3 is 5.11 Å². The number of hydrogen-bond donors (Lipinski definition) is 2. The van der Waals surface area contributed by atoms with Gasteiger partial charge in [0, 0.05) is 18.4 Å². The van der Waals surface area contributed by atoms with E-state index in [4.69, 9.17) is 5.11 Å². The molecule has 0 aromatic heterocycles. The lowest BCUT2D eigenvalue weighted by atomic mass is 9.94. The Labute approximate surface area is 175 Å². The maximum Gasteiger partial charge on any atom is 0.303 e. The summed E-state index contributed by atoms with van der Waals surface area (Å²) in [6.07, 6.45) is 0.995. The van der Waals surface area contributed by atoms with Crippen LogP contribution in [0.5, 0.6) is 0 Å². The van der Waals surface area contributed by atoms with E-state index in [2.05, 4.69) is 9.82 Å². The number of carbonyl (C=O) groups is 2. The molecule has 30 heavy (non-hydrogen) atoms. The SMILES string of the molecule is Cc1ccccc1[C@@H]1CC(c2ccccc2NS(C)(=O)=O)=NN1C(=O)CCC(=O)O. The molecule has 2 N–H and O–H groups in total. The molecule has 1 aliphatic heterocycles. The van der Waals surface area contributed by atoms with Crippen molar-refractivity contribution < 1.29 is 23.1 Å². The first-order valence-electron chi connectivity index (χ1n) is 9.40. The van der Waals surface area contributed by atoms with Gasteiger partial charge in [-0.25, -0.2) is 13.4 Å². The summed E-state index contributed by atoms with van der Waals surface area (Å²) in [7, 11) is -3.50. The molecule has 0 saturated heterocycles. The summed E-state index contributed by atoms with van der Waals surface area (Å²) in [6, 6.07) is 14.1. The normalized spacial score (nSPS) is 16.3. The highest BCUT2D eigenvalue weighted by Crippen LogP contribution is 2.36. The minimum Gasteiger partial charge on any atom is -0.481 e. The standard InChI is InChI=1S/C21H23N3O5S/c1-14-7-3-4-8-15(14)19-13-18(22-24(19)20(25)11-12-21(26)27)16-9-5-6-10-17(16)23-30(2,28)29/h3-10,19,23H,11-13H2,1-2H3,(H,26,27)/t19-/m0/s1. The van der Waals surface area contributed by atoms with E-state index in [1.54, 1.807) is 24.3 Å². The second kappa shape index (κ2) is 8.66. The Morgan fingerprint density at radius 2 is 1.80 bits per heavy atom. The van der Waals surface area contributed by atoms with E-state index in [0.29, 0.717) is 23.4 Å². The number of rotatable bonds is 7. The highest BCUT2D eigenvalue weighted by molar-refractivity contribution is 7.92. The Bertz CT molecular complexity index is 1110. The van der Waals surface area contributed by atoms with Crippen LogP contribution in [0, 0.1) is 6.92 Å². The molecule has 1 amide bonds. The van der Waals surface area contributed by atoms with Gasteiger partial charge in [-0.15, -0.1) is 0 Å². The third-order valence-corrected chi connectivity index (χ3v) is 5.39. The number of carbonyl (C=O) groups excluding carboxylic acids is 1. The Balaban J connectivity index is 2.01. The van der Waals surface area contributed by atoms with Crippen molar-refractivity contribution in [3.05, 3.63) is 65.2 Å². The molecule has 0 aliphatic carbocycles. The highest BCUT2D eigenvalue weighted by Gasteiger charge is 2.34. The summed E-state index contributed by atoms with van der Waals surface area (Å²) in [4.78, 5) is 23.7.